The van der Waals surface area contributed by atoms with E-state index >= 15 is 0 Å². The number of alkyl halides is 3. The third-order valence-electron chi connectivity index (χ3n) is 6.00. The first-order chi connectivity index (χ1) is 14.6. The standard InChI is InChI=1S/C22H20F4N2O3/c1-2-11-10-21(31,22(24,25)26)20(13-4-3-5-16(29)18(11)13)28-19-12-6-9-17(30)27-15(12)8-7-14(19)23/h3-9,11,20,28-29,31H,2,10H2,1H3,(H,27,30)/t11-,20+,21-/m1/s1. The Morgan fingerprint density at radius 2 is 1.94 bits per heavy atom. The van der Waals surface area contributed by atoms with Gasteiger partial charge in [0.1, 0.15) is 11.6 Å². The Labute approximate surface area is 174 Å². The number of nitrogens with one attached hydrogen (secondary N) is 2. The van der Waals surface area contributed by atoms with Crippen LogP contribution in [0.4, 0.5) is 23.2 Å². The lowest BCUT2D eigenvalue weighted by Gasteiger charge is -2.45. The molecule has 0 spiro atoms. The van der Waals surface area contributed by atoms with Crippen LogP contribution < -0.4 is 10.9 Å². The first-order valence-electron chi connectivity index (χ1n) is 9.75. The Morgan fingerprint density at radius 1 is 1.19 bits per heavy atom. The van der Waals surface area contributed by atoms with Crippen LogP contribution in [0.1, 0.15) is 42.9 Å². The summed E-state index contributed by atoms with van der Waals surface area (Å²) in [6.07, 6.45) is -5.46. The number of phenolic OH excluding ortho intramolecular Hbond substituents is 1. The number of fused-ring (bicyclic) bond motifs is 2. The van der Waals surface area contributed by atoms with Crippen LogP contribution in [0.3, 0.4) is 0 Å². The van der Waals surface area contributed by atoms with Crippen molar-refractivity contribution in [1.82, 2.24) is 4.98 Å². The van der Waals surface area contributed by atoms with Crippen LogP contribution >= 0.6 is 0 Å². The molecule has 3 aromatic rings. The third-order valence-corrected chi connectivity index (χ3v) is 6.00. The summed E-state index contributed by atoms with van der Waals surface area (Å²) in [5.74, 6) is -1.76. The Bertz CT molecular complexity index is 1210. The zero-order chi connectivity index (χ0) is 22.6. The van der Waals surface area contributed by atoms with Gasteiger partial charge in [0.2, 0.25) is 5.56 Å². The predicted molar refractivity (Wildman–Crippen MR) is 108 cm³/mol. The SMILES string of the molecule is CC[C@@H]1C[C@](O)(C(F)(F)F)[C@@H](Nc2c(F)ccc3[nH]c(=O)ccc23)c2cccc(O)c21. The summed E-state index contributed by atoms with van der Waals surface area (Å²) in [5, 5.41) is 24.0. The minimum Gasteiger partial charge on any atom is -0.508 e. The minimum atomic E-state index is -5.03. The van der Waals surface area contributed by atoms with Crippen molar-refractivity contribution in [2.45, 2.75) is 43.5 Å². The maximum absolute atomic E-state index is 14.8. The molecule has 0 radical (unpaired) electrons. The second-order valence-electron chi connectivity index (χ2n) is 7.79. The molecule has 0 saturated carbocycles. The Morgan fingerprint density at radius 3 is 2.61 bits per heavy atom. The fourth-order valence-corrected chi connectivity index (χ4v) is 4.44. The lowest BCUT2D eigenvalue weighted by Crippen LogP contribution is -2.55. The molecule has 5 nitrogen and oxygen atoms in total. The highest BCUT2D eigenvalue weighted by Crippen LogP contribution is 2.55. The number of phenols is 1. The van der Waals surface area contributed by atoms with Gasteiger partial charge in [0.25, 0.3) is 0 Å². The van der Waals surface area contributed by atoms with Crippen molar-refractivity contribution in [3.8, 4) is 5.75 Å². The molecule has 9 heteroatoms. The molecule has 1 heterocycles. The van der Waals surface area contributed by atoms with E-state index in [2.05, 4.69) is 10.3 Å². The molecule has 1 aliphatic rings. The molecule has 1 aliphatic carbocycles. The van der Waals surface area contributed by atoms with Gasteiger partial charge in [-0.05, 0) is 48.6 Å². The van der Waals surface area contributed by atoms with Gasteiger partial charge in [0, 0.05) is 17.0 Å². The van der Waals surface area contributed by atoms with E-state index in [1.54, 1.807) is 6.92 Å². The Balaban J connectivity index is 1.95. The maximum atomic E-state index is 14.8. The van der Waals surface area contributed by atoms with E-state index in [9.17, 15) is 32.6 Å². The fraction of sp³-hybridized carbons (Fsp3) is 0.318. The van der Waals surface area contributed by atoms with Crippen molar-refractivity contribution >= 4 is 16.6 Å². The Kier molecular flexibility index (Phi) is 4.96. The molecular weight excluding hydrogens is 416 g/mol. The predicted octanol–water partition coefficient (Wildman–Crippen LogP) is 4.72. The normalized spacial score (nSPS) is 23.5. The summed E-state index contributed by atoms with van der Waals surface area (Å²) in [6, 6.07) is 7.12. The van der Waals surface area contributed by atoms with Crippen molar-refractivity contribution in [1.29, 1.82) is 0 Å². The van der Waals surface area contributed by atoms with Crippen LogP contribution in [0, 0.1) is 5.82 Å². The van der Waals surface area contributed by atoms with Gasteiger partial charge in [-0.2, -0.15) is 13.2 Å². The molecule has 4 rings (SSSR count). The molecule has 1 aromatic heterocycles. The number of benzene rings is 2. The van der Waals surface area contributed by atoms with Gasteiger partial charge >= 0.3 is 6.18 Å². The van der Waals surface area contributed by atoms with E-state index in [4.69, 9.17) is 0 Å². The van der Waals surface area contributed by atoms with Crippen LogP contribution in [-0.4, -0.2) is 27.0 Å². The number of pyridine rings is 1. The molecule has 4 N–H and O–H groups in total. The number of halogens is 4. The number of hydrogen-bond acceptors (Lipinski definition) is 4. The minimum absolute atomic E-state index is 0.0405. The quantitative estimate of drug-likeness (QED) is 0.448. The van der Waals surface area contributed by atoms with Crippen LogP contribution in [0.25, 0.3) is 10.9 Å². The van der Waals surface area contributed by atoms with Gasteiger partial charge in [0.05, 0.1) is 17.2 Å². The third kappa shape index (κ3) is 3.33. The van der Waals surface area contributed by atoms with E-state index in [0.717, 1.165) is 12.1 Å². The average molecular weight is 436 g/mol. The number of aromatic hydroxyl groups is 1. The van der Waals surface area contributed by atoms with E-state index in [-0.39, 0.29) is 34.3 Å². The number of aromatic amines is 1. The fourth-order valence-electron chi connectivity index (χ4n) is 4.44. The maximum Gasteiger partial charge on any atom is 0.419 e. The molecule has 164 valence electrons. The van der Waals surface area contributed by atoms with Gasteiger partial charge in [-0.25, -0.2) is 4.39 Å². The smallest absolute Gasteiger partial charge is 0.419 e. The highest BCUT2D eigenvalue weighted by molar-refractivity contribution is 5.91. The highest BCUT2D eigenvalue weighted by atomic mass is 19.4. The van der Waals surface area contributed by atoms with Gasteiger partial charge in [-0.3, -0.25) is 4.79 Å². The van der Waals surface area contributed by atoms with Crippen molar-refractivity contribution in [3.63, 3.8) is 0 Å². The lowest BCUT2D eigenvalue weighted by atomic mass is 9.69. The summed E-state index contributed by atoms with van der Waals surface area (Å²) < 4.78 is 57.2. The van der Waals surface area contributed by atoms with Crippen molar-refractivity contribution < 1.29 is 27.8 Å². The zero-order valence-corrected chi connectivity index (χ0v) is 16.4. The summed E-state index contributed by atoms with van der Waals surface area (Å²) in [6.45, 7) is 1.67. The monoisotopic (exact) mass is 436 g/mol. The number of aliphatic hydroxyl groups is 1. The number of aromatic nitrogens is 1. The van der Waals surface area contributed by atoms with Gasteiger partial charge < -0.3 is 20.5 Å². The molecule has 0 saturated heterocycles. The first-order valence-corrected chi connectivity index (χ1v) is 9.75. The average Bonchev–Trinajstić information content (AvgIpc) is 2.70. The molecule has 3 atom stereocenters. The lowest BCUT2D eigenvalue weighted by molar-refractivity contribution is -0.272. The molecular formula is C22H20F4N2O3. The summed E-state index contributed by atoms with van der Waals surface area (Å²) in [7, 11) is 0. The van der Waals surface area contributed by atoms with Crippen LogP contribution in [0.5, 0.6) is 5.75 Å². The highest BCUT2D eigenvalue weighted by Gasteiger charge is 2.62. The summed E-state index contributed by atoms with van der Waals surface area (Å²) in [4.78, 5) is 14.1. The second-order valence-corrected chi connectivity index (χ2v) is 7.79. The molecule has 0 amide bonds. The number of H-pyrrole nitrogens is 1. The van der Waals surface area contributed by atoms with Crippen LogP contribution in [0.2, 0.25) is 0 Å². The second kappa shape index (κ2) is 7.26. The molecule has 0 aliphatic heterocycles. The number of anilines is 1. The van der Waals surface area contributed by atoms with E-state index in [1.165, 1.54) is 30.3 Å². The number of hydrogen-bond donors (Lipinski definition) is 4. The van der Waals surface area contributed by atoms with Crippen molar-refractivity contribution in [2.75, 3.05) is 5.32 Å². The van der Waals surface area contributed by atoms with E-state index < -0.39 is 41.5 Å². The zero-order valence-electron chi connectivity index (χ0n) is 16.4. The van der Waals surface area contributed by atoms with Crippen LogP contribution in [-0.2, 0) is 0 Å². The topological polar surface area (TPSA) is 85.4 Å². The largest absolute Gasteiger partial charge is 0.508 e. The Hall–Kier alpha value is -3.07. The molecule has 31 heavy (non-hydrogen) atoms. The molecule has 0 bridgehead atoms. The number of rotatable bonds is 3. The van der Waals surface area contributed by atoms with Gasteiger partial charge in [0.15, 0.2) is 5.60 Å². The van der Waals surface area contributed by atoms with Gasteiger partial charge in [-0.15, -0.1) is 0 Å². The van der Waals surface area contributed by atoms with Crippen molar-refractivity contribution in [2.24, 2.45) is 0 Å². The van der Waals surface area contributed by atoms with E-state index in [1.807, 2.05) is 0 Å². The van der Waals surface area contributed by atoms with E-state index in [0.29, 0.717) is 5.56 Å². The molecule has 2 aromatic carbocycles. The molecule has 0 fully saturated rings. The van der Waals surface area contributed by atoms with Crippen LogP contribution in [0.15, 0.2) is 47.3 Å². The van der Waals surface area contributed by atoms with Crippen molar-refractivity contribution in [3.05, 3.63) is 69.8 Å². The first kappa shape index (κ1) is 21.2. The van der Waals surface area contributed by atoms with Gasteiger partial charge in [-0.1, -0.05) is 19.1 Å². The summed E-state index contributed by atoms with van der Waals surface area (Å²) in [5.41, 5.74) is -3.39. The molecule has 0 unspecified atom stereocenters. The summed E-state index contributed by atoms with van der Waals surface area (Å²) >= 11 is 0.